The maximum Gasteiger partial charge on any atom is 0.217 e. The lowest BCUT2D eigenvalue weighted by atomic mass is 10.0. The standard InChI is InChI=1S/C15H15NO2/c16-15(18)10-3-11-1-4-12(5-2-11)13-6-8-14(17)9-7-13/h1-2,4-9,17H,3,10H2,(H2,16,18). The summed E-state index contributed by atoms with van der Waals surface area (Å²) in [6.45, 7) is 0. The molecule has 0 aliphatic carbocycles. The highest BCUT2D eigenvalue weighted by atomic mass is 16.3. The highest BCUT2D eigenvalue weighted by Crippen LogP contribution is 2.22. The van der Waals surface area contributed by atoms with Crippen molar-refractivity contribution in [3.63, 3.8) is 0 Å². The molecule has 3 N–H and O–H groups in total. The number of nitrogens with two attached hydrogens (primary N) is 1. The fourth-order valence-electron chi connectivity index (χ4n) is 1.79. The molecule has 0 aliphatic rings. The predicted octanol–water partition coefficient (Wildman–Crippen LogP) is 2.48. The highest BCUT2D eigenvalue weighted by molar-refractivity contribution is 5.74. The minimum atomic E-state index is -0.280. The Kier molecular flexibility index (Phi) is 3.63. The van der Waals surface area contributed by atoms with E-state index in [1.165, 1.54) is 0 Å². The Morgan fingerprint density at radius 1 is 0.944 bits per heavy atom. The van der Waals surface area contributed by atoms with E-state index in [-0.39, 0.29) is 11.7 Å². The van der Waals surface area contributed by atoms with Gasteiger partial charge in [-0.25, -0.2) is 0 Å². The minimum absolute atomic E-state index is 0.261. The summed E-state index contributed by atoms with van der Waals surface area (Å²) in [6.07, 6.45) is 1.05. The average Bonchev–Trinajstić information content (AvgIpc) is 2.38. The summed E-state index contributed by atoms with van der Waals surface area (Å²) in [5.74, 6) is -0.0190. The van der Waals surface area contributed by atoms with Crippen molar-refractivity contribution < 1.29 is 9.90 Å². The van der Waals surface area contributed by atoms with Crippen LogP contribution in [-0.2, 0) is 11.2 Å². The Balaban J connectivity index is 2.12. The van der Waals surface area contributed by atoms with Crippen molar-refractivity contribution >= 4 is 5.91 Å². The summed E-state index contributed by atoms with van der Waals surface area (Å²) >= 11 is 0. The van der Waals surface area contributed by atoms with Crippen LogP contribution in [0.4, 0.5) is 0 Å². The maximum absolute atomic E-state index is 10.7. The summed E-state index contributed by atoms with van der Waals surface area (Å²) in [6, 6.07) is 15.1. The van der Waals surface area contributed by atoms with Crippen molar-refractivity contribution in [3.05, 3.63) is 54.1 Å². The van der Waals surface area contributed by atoms with Gasteiger partial charge in [0.05, 0.1) is 0 Å². The van der Waals surface area contributed by atoms with Crippen LogP contribution in [0.5, 0.6) is 5.75 Å². The molecule has 2 rings (SSSR count). The van der Waals surface area contributed by atoms with E-state index in [0.717, 1.165) is 16.7 Å². The van der Waals surface area contributed by atoms with Gasteiger partial charge in [0.2, 0.25) is 5.91 Å². The first-order chi connectivity index (χ1) is 8.65. The van der Waals surface area contributed by atoms with Crippen LogP contribution in [0, 0.1) is 0 Å². The number of aromatic hydroxyl groups is 1. The van der Waals surface area contributed by atoms with Crippen LogP contribution in [0.25, 0.3) is 11.1 Å². The van der Waals surface area contributed by atoms with Crippen LogP contribution >= 0.6 is 0 Å². The first-order valence-corrected chi connectivity index (χ1v) is 5.82. The number of hydrogen-bond donors (Lipinski definition) is 2. The van der Waals surface area contributed by atoms with Gasteiger partial charge in [-0.05, 0) is 35.2 Å². The summed E-state index contributed by atoms with van der Waals surface area (Å²) in [5.41, 5.74) is 8.34. The molecule has 3 heteroatoms. The van der Waals surface area contributed by atoms with Crippen LogP contribution in [0.2, 0.25) is 0 Å². The van der Waals surface area contributed by atoms with Gasteiger partial charge in [0.25, 0.3) is 0 Å². The van der Waals surface area contributed by atoms with Gasteiger partial charge in [-0.2, -0.15) is 0 Å². The predicted molar refractivity (Wildman–Crippen MR) is 71.1 cm³/mol. The van der Waals surface area contributed by atoms with E-state index < -0.39 is 0 Å². The second kappa shape index (κ2) is 5.36. The van der Waals surface area contributed by atoms with Gasteiger partial charge in [-0.15, -0.1) is 0 Å². The van der Waals surface area contributed by atoms with Gasteiger partial charge in [0.15, 0.2) is 0 Å². The zero-order chi connectivity index (χ0) is 13.0. The number of amides is 1. The number of phenolic OH excluding ortho intramolecular Hbond substituents is 1. The van der Waals surface area contributed by atoms with Gasteiger partial charge in [-0.3, -0.25) is 4.79 Å². The molecule has 0 bridgehead atoms. The molecule has 92 valence electrons. The lowest BCUT2D eigenvalue weighted by Gasteiger charge is -2.04. The molecule has 18 heavy (non-hydrogen) atoms. The van der Waals surface area contributed by atoms with Crippen molar-refractivity contribution in [1.29, 1.82) is 0 Å². The number of aryl methyl sites for hydroxylation is 1. The van der Waals surface area contributed by atoms with Crippen molar-refractivity contribution in [2.24, 2.45) is 5.73 Å². The van der Waals surface area contributed by atoms with E-state index in [9.17, 15) is 9.90 Å². The van der Waals surface area contributed by atoms with E-state index in [2.05, 4.69) is 0 Å². The molecule has 1 amide bonds. The lowest BCUT2D eigenvalue weighted by molar-refractivity contribution is -0.117. The summed E-state index contributed by atoms with van der Waals surface area (Å²) in [7, 11) is 0. The van der Waals surface area contributed by atoms with Crippen molar-refractivity contribution in [3.8, 4) is 16.9 Å². The number of rotatable bonds is 4. The zero-order valence-electron chi connectivity index (χ0n) is 9.97. The molecule has 2 aromatic rings. The van der Waals surface area contributed by atoms with E-state index in [0.29, 0.717) is 12.8 Å². The topological polar surface area (TPSA) is 63.3 Å². The van der Waals surface area contributed by atoms with Crippen molar-refractivity contribution in [1.82, 2.24) is 0 Å². The smallest absolute Gasteiger partial charge is 0.217 e. The third-order valence-corrected chi connectivity index (χ3v) is 2.81. The third kappa shape index (κ3) is 3.10. The Labute approximate surface area is 106 Å². The molecule has 0 fully saturated rings. The maximum atomic E-state index is 10.7. The largest absolute Gasteiger partial charge is 0.508 e. The molecular weight excluding hydrogens is 226 g/mol. The highest BCUT2D eigenvalue weighted by Gasteiger charge is 2.00. The first-order valence-electron chi connectivity index (χ1n) is 5.82. The van der Waals surface area contributed by atoms with Gasteiger partial charge >= 0.3 is 0 Å². The Morgan fingerprint density at radius 3 is 1.94 bits per heavy atom. The number of primary amides is 1. The molecule has 2 aromatic carbocycles. The molecule has 0 unspecified atom stereocenters. The van der Waals surface area contributed by atoms with Crippen molar-refractivity contribution in [2.75, 3.05) is 0 Å². The summed E-state index contributed by atoms with van der Waals surface area (Å²) in [4.78, 5) is 10.7. The second-order valence-electron chi connectivity index (χ2n) is 4.21. The second-order valence-corrected chi connectivity index (χ2v) is 4.21. The Hall–Kier alpha value is -2.29. The number of carbonyl (C=O) groups is 1. The Morgan fingerprint density at radius 2 is 1.44 bits per heavy atom. The molecule has 0 aliphatic heterocycles. The van der Waals surface area contributed by atoms with Crippen LogP contribution < -0.4 is 5.73 Å². The molecule has 0 spiro atoms. The minimum Gasteiger partial charge on any atom is -0.508 e. The fourth-order valence-corrected chi connectivity index (χ4v) is 1.79. The monoisotopic (exact) mass is 241 g/mol. The summed E-state index contributed by atoms with van der Waals surface area (Å²) in [5, 5.41) is 9.23. The first kappa shape index (κ1) is 12.2. The van der Waals surface area contributed by atoms with E-state index in [4.69, 9.17) is 5.73 Å². The van der Waals surface area contributed by atoms with E-state index in [1.54, 1.807) is 12.1 Å². The number of phenols is 1. The van der Waals surface area contributed by atoms with Crippen molar-refractivity contribution in [2.45, 2.75) is 12.8 Å². The number of benzene rings is 2. The molecule has 0 saturated carbocycles. The van der Waals surface area contributed by atoms with Gasteiger partial charge in [0.1, 0.15) is 5.75 Å². The molecule has 0 radical (unpaired) electrons. The van der Waals surface area contributed by atoms with Gasteiger partial charge < -0.3 is 10.8 Å². The molecule has 0 atom stereocenters. The molecule has 3 nitrogen and oxygen atoms in total. The Bertz CT molecular complexity index is 529. The number of hydrogen-bond acceptors (Lipinski definition) is 2. The van der Waals surface area contributed by atoms with Gasteiger partial charge in [0, 0.05) is 6.42 Å². The van der Waals surface area contributed by atoms with Crippen LogP contribution in [-0.4, -0.2) is 11.0 Å². The molecule has 0 saturated heterocycles. The van der Waals surface area contributed by atoms with E-state index in [1.807, 2.05) is 36.4 Å². The summed E-state index contributed by atoms with van der Waals surface area (Å²) < 4.78 is 0. The normalized spacial score (nSPS) is 10.2. The fraction of sp³-hybridized carbons (Fsp3) is 0.133. The SMILES string of the molecule is NC(=O)CCc1ccc(-c2ccc(O)cc2)cc1. The number of carbonyl (C=O) groups excluding carboxylic acids is 1. The third-order valence-electron chi connectivity index (χ3n) is 2.81. The lowest BCUT2D eigenvalue weighted by Crippen LogP contribution is -2.11. The quantitative estimate of drug-likeness (QED) is 0.863. The van der Waals surface area contributed by atoms with Crippen LogP contribution in [0.15, 0.2) is 48.5 Å². The molecule has 0 heterocycles. The zero-order valence-corrected chi connectivity index (χ0v) is 9.97. The average molecular weight is 241 g/mol. The van der Waals surface area contributed by atoms with Gasteiger partial charge in [-0.1, -0.05) is 36.4 Å². The van der Waals surface area contributed by atoms with Crippen LogP contribution in [0.1, 0.15) is 12.0 Å². The van der Waals surface area contributed by atoms with Crippen LogP contribution in [0.3, 0.4) is 0 Å². The molecule has 0 aromatic heterocycles. The van der Waals surface area contributed by atoms with E-state index >= 15 is 0 Å². The molecular formula is C15H15NO2.